The number of anilines is 1. The van der Waals surface area contributed by atoms with Crippen molar-refractivity contribution in [1.82, 2.24) is 0 Å². The summed E-state index contributed by atoms with van der Waals surface area (Å²) in [6.45, 7) is -1.46. The molecule has 0 amide bonds. The van der Waals surface area contributed by atoms with Crippen LogP contribution in [0.5, 0.6) is 0 Å². The summed E-state index contributed by atoms with van der Waals surface area (Å²) in [5, 5.41) is 8.94. The molecule has 8 heteroatoms. The number of aromatic carboxylic acids is 1. The van der Waals surface area contributed by atoms with Crippen LogP contribution in [-0.4, -0.2) is 18.1 Å². The van der Waals surface area contributed by atoms with Crippen LogP contribution in [0.3, 0.4) is 0 Å². The largest absolute Gasteiger partial charge is 1.00 e. The van der Waals surface area contributed by atoms with Gasteiger partial charge < -0.3 is 23.8 Å². The number of hydrogen-bond acceptors (Lipinski definition) is 2. The molecule has 0 aliphatic carbocycles. The van der Waals surface area contributed by atoms with Crippen LogP contribution in [0, 0.1) is 20.8 Å². The SMILES string of the molecule is Cc1c(N)c(C)c([B-](F)(F)F)c(C)c1C(=O)O.[K+]. The zero-order valence-electron chi connectivity index (χ0n) is 10.6. The fraction of sp³-hybridized carbons (Fsp3) is 0.300. The molecule has 0 unspecified atom stereocenters. The summed E-state index contributed by atoms with van der Waals surface area (Å²) in [6, 6.07) is 0. The van der Waals surface area contributed by atoms with E-state index in [1.807, 2.05) is 0 Å². The summed E-state index contributed by atoms with van der Waals surface area (Å²) in [7, 11) is 0. The van der Waals surface area contributed by atoms with E-state index >= 15 is 0 Å². The van der Waals surface area contributed by atoms with E-state index in [1.54, 1.807) is 0 Å². The molecule has 0 bridgehead atoms. The maximum atomic E-state index is 12.9. The second-order valence-corrected chi connectivity index (χ2v) is 3.96. The molecule has 94 valence electrons. The molecular formula is C10H12BF3KNO2. The van der Waals surface area contributed by atoms with E-state index in [0.29, 0.717) is 0 Å². The zero-order valence-corrected chi connectivity index (χ0v) is 13.8. The van der Waals surface area contributed by atoms with Crippen molar-refractivity contribution < 1.29 is 74.2 Å². The molecule has 0 fully saturated rings. The van der Waals surface area contributed by atoms with Gasteiger partial charge in [0, 0.05) is 5.69 Å². The third kappa shape index (κ3) is 3.11. The quantitative estimate of drug-likeness (QED) is 0.538. The van der Waals surface area contributed by atoms with Crippen LogP contribution in [0.15, 0.2) is 0 Å². The average Bonchev–Trinajstić information content (AvgIpc) is 2.11. The van der Waals surface area contributed by atoms with E-state index in [0.717, 1.165) is 6.92 Å². The van der Waals surface area contributed by atoms with Crippen molar-refractivity contribution in [1.29, 1.82) is 0 Å². The van der Waals surface area contributed by atoms with Gasteiger partial charge in [-0.1, -0.05) is 16.6 Å². The van der Waals surface area contributed by atoms with Gasteiger partial charge in [0.1, 0.15) is 0 Å². The minimum atomic E-state index is -5.28. The van der Waals surface area contributed by atoms with Gasteiger partial charge in [0.05, 0.1) is 5.56 Å². The fourth-order valence-corrected chi connectivity index (χ4v) is 2.07. The number of nitrogens with two attached hydrogens (primary N) is 1. The van der Waals surface area contributed by atoms with Crippen LogP contribution >= 0.6 is 0 Å². The second-order valence-electron chi connectivity index (χ2n) is 3.96. The smallest absolute Gasteiger partial charge is 0.478 e. The predicted octanol–water partition coefficient (Wildman–Crippen LogP) is -1.05. The molecule has 0 aliphatic rings. The Labute approximate surface area is 145 Å². The topological polar surface area (TPSA) is 63.3 Å². The summed E-state index contributed by atoms with van der Waals surface area (Å²) < 4.78 is 38.6. The van der Waals surface area contributed by atoms with E-state index < -0.39 is 18.4 Å². The molecule has 3 nitrogen and oxygen atoms in total. The summed E-state index contributed by atoms with van der Waals surface area (Å²) in [5.74, 6) is -1.40. The van der Waals surface area contributed by atoms with Crippen LogP contribution < -0.4 is 62.6 Å². The first kappa shape index (κ1) is 18.0. The normalized spacial score (nSPS) is 11.0. The minimum absolute atomic E-state index is 0. The van der Waals surface area contributed by atoms with Gasteiger partial charge in [-0.25, -0.2) is 4.79 Å². The average molecular weight is 285 g/mol. The molecule has 18 heavy (non-hydrogen) atoms. The molecule has 0 atom stereocenters. The number of carboxylic acids is 1. The molecule has 1 rings (SSSR count). The number of carboxylic acid groups (broad SMARTS) is 1. The number of carbonyl (C=O) groups is 1. The van der Waals surface area contributed by atoms with Crippen molar-refractivity contribution in [2.45, 2.75) is 20.8 Å². The van der Waals surface area contributed by atoms with Crippen molar-refractivity contribution in [3.63, 3.8) is 0 Å². The van der Waals surface area contributed by atoms with Crippen molar-refractivity contribution in [3.8, 4) is 0 Å². The fourth-order valence-electron chi connectivity index (χ4n) is 2.07. The monoisotopic (exact) mass is 285 g/mol. The Morgan fingerprint density at radius 2 is 1.56 bits per heavy atom. The predicted molar refractivity (Wildman–Crippen MR) is 60.7 cm³/mol. The van der Waals surface area contributed by atoms with E-state index in [4.69, 9.17) is 10.8 Å². The Bertz CT molecular complexity index is 503. The van der Waals surface area contributed by atoms with Crippen LogP contribution in [-0.2, 0) is 0 Å². The van der Waals surface area contributed by atoms with E-state index in [1.165, 1.54) is 13.8 Å². The molecule has 0 saturated heterocycles. The number of nitrogen functional groups attached to an aromatic ring is 1. The van der Waals surface area contributed by atoms with Gasteiger partial charge in [-0.3, -0.25) is 0 Å². The van der Waals surface area contributed by atoms with E-state index in [9.17, 15) is 17.7 Å². The van der Waals surface area contributed by atoms with Gasteiger partial charge in [0.2, 0.25) is 0 Å². The number of hydrogen-bond donors (Lipinski definition) is 2. The van der Waals surface area contributed by atoms with Gasteiger partial charge in [0.25, 0.3) is 0 Å². The summed E-state index contributed by atoms with van der Waals surface area (Å²) in [5.41, 5.74) is 3.98. The van der Waals surface area contributed by atoms with Crippen molar-refractivity contribution in [2.75, 3.05) is 5.73 Å². The molecular weight excluding hydrogens is 273 g/mol. The zero-order chi connectivity index (χ0) is 13.5. The Morgan fingerprint density at radius 1 is 1.11 bits per heavy atom. The molecule has 3 N–H and O–H groups in total. The number of rotatable bonds is 2. The van der Waals surface area contributed by atoms with Gasteiger partial charge in [0.15, 0.2) is 0 Å². The van der Waals surface area contributed by atoms with Gasteiger partial charge in [-0.05, 0) is 26.3 Å². The van der Waals surface area contributed by atoms with E-state index in [-0.39, 0.29) is 79.3 Å². The molecule has 0 aliphatic heterocycles. The van der Waals surface area contributed by atoms with Crippen molar-refractivity contribution in [2.24, 2.45) is 0 Å². The Balaban J connectivity index is 0.00000289. The molecule has 0 radical (unpaired) electrons. The maximum Gasteiger partial charge on any atom is 1.00 e. The van der Waals surface area contributed by atoms with Crippen molar-refractivity contribution >= 4 is 24.1 Å². The van der Waals surface area contributed by atoms with E-state index in [2.05, 4.69) is 0 Å². The van der Waals surface area contributed by atoms with Crippen LogP contribution in [0.2, 0.25) is 0 Å². The molecule has 0 spiro atoms. The van der Waals surface area contributed by atoms with Crippen molar-refractivity contribution in [3.05, 3.63) is 22.3 Å². The number of halogens is 3. The maximum absolute atomic E-state index is 12.9. The third-order valence-electron chi connectivity index (χ3n) is 2.91. The number of benzene rings is 1. The Morgan fingerprint density at radius 3 is 1.89 bits per heavy atom. The summed E-state index contributed by atoms with van der Waals surface area (Å²) >= 11 is 0. The van der Waals surface area contributed by atoms with Gasteiger partial charge in [-0.15, -0.1) is 0 Å². The summed E-state index contributed by atoms with van der Waals surface area (Å²) in [4.78, 5) is 11.0. The van der Waals surface area contributed by atoms with Crippen LogP contribution in [0.25, 0.3) is 0 Å². The molecule has 1 aromatic carbocycles. The molecule has 0 aromatic heterocycles. The third-order valence-corrected chi connectivity index (χ3v) is 2.91. The van der Waals surface area contributed by atoms with Crippen LogP contribution in [0.4, 0.5) is 18.6 Å². The standard InChI is InChI=1S/C10H12BF3NO2.K/c1-4-7(10(16)17)5(2)9(15)6(3)8(4)11(12,13)14;/h15H2,1-3H3,(H,16,17);/q-1;+1. The van der Waals surface area contributed by atoms with Crippen LogP contribution in [0.1, 0.15) is 27.0 Å². The van der Waals surface area contributed by atoms with Gasteiger partial charge in [-0.2, -0.15) is 0 Å². The second kappa shape index (κ2) is 5.96. The first-order chi connectivity index (χ1) is 7.59. The molecule has 0 saturated carbocycles. The molecule has 1 aromatic rings. The summed E-state index contributed by atoms with van der Waals surface area (Å²) in [6.07, 6.45) is 0. The van der Waals surface area contributed by atoms with Gasteiger partial charge >= 0.3 is 64.3 Å². The minimum Gasteiger partial charge on any atom is -0.478 e. The first-order valence-corrected chi connectivity index (χ1v) is 4.91. The Kier molecular flexibility index (Phi) is 5.95. The Hall–Kier alpha value is -0.0187. The first-order valence-electron chi connectivity index (χ1n) is 4.91. The molecule has 0 heterocycles.